The van der Waals surface area contributed by atoms with Crippen molar-refractivity contribution in [2.75, 3.05) is 13.2 Å². The predicted molar refractivity (Wildman–Crippen MR) is 328 cm³/mol. The van der Waals surface area contributed by atoms with Crippen molar-refractivity contribution >= 4 is 303 Å². The molecule has 0 heterocycles. The average Bonchev–Trinajstić information content (AvgIpc) is 1.47. The zero-order chi connectivity index (χ0) is 49.1. The van der Waals surface area contributed by atoms with Crippen molar-refractivity contribution in [2.45, 2.75) is 37.5 Å². The van der Waals surface area contributed by atoms with Gasteiger partial charge in [-0.25, -0.2) is 4.79 Å². The van der Waals surface area contributed by atoms with Gasteiger partial charge in [0, 0.05) is 16.2 Å². The highest BCUT2D eigenvalue weighted by Gasteiger charge is 2.73. The number of esters is 2. The SMILES string of the molecule is CC(C)(COC(=O)c1ccccc1)COC(=O)C1CC23c4c5c6c7c8c9c(c%10c%11c2c2c4c4c%12c5c5c6c6c8c8c%13c9c9c%10c%10c%11c%11c2c2c4c4c%12c%12c5c5c6c8c6c8c%13c9c9c%10c%10c%11c2c2c4c4c%12c5c6c5c8c9c%10c2c45)C73C1. The summed E-state index contributed by atoms with van der Waals surface area (Å²) in [6.07, 6.45) is 1.48. The monoisotopic (exact) mass is 996 g/mol. The van der Waals surface area contributed by atoms with Crippen molar-refractivity contribution in [2.24, 2.45) is 11.3 Å². The van der Waals surface area contributed by atoms with Crippen LogP contribution in [0, 0.1) is 11.3 Å². The molecule has 4 nitrogen and oxygen atoms in total. The van der Waals surface area contributed by atoms with Gasteiger partial charge >= 0.3 is 11.9 Å². The van der Waals surface area contributed by atoms with Gasteiger partial charge in [0.15, 0.2) is 0 Å². The zero-order valence-corrected chi connectivity index (χ0v) is 41.9. The number of hydrogen-bond donors (Lipinski definition) is 0. The third kappa shape index (κ3) is 1.95. The standard InChI is InChI=1S/C76H20O4/c1-74(2,10-79-72(77)12-6-4-3-5-7-12)11-80-73(78)13-8-75-68-60-52-42-32-24-16-14-15-18-22-20(16)28-36-30(22)40-34-26(18)27-19(15)23-21-17(14)25(24)33-39-29(21)37-31(23)41-35(27)45-44(34)54-48(40)58-50(36)56(46(52)38(28)32)64(68)66(58)70-62(54)63-55(45)49(41)59-51(37)57-47(39)53(43(33)42)61(60)69(75)65(57)67(59)71(63)76(70,75)9-13/h3-7,13H,8-11H2,1-2H3. The maximum Gasteiger partial charge on any atom is 0.338 e. The number of ether oxygens (including phenoxy) is 2. The van der Waals surface area contributed by atoms with Crippen LogP contribution in [0.3, 0.4) is 0 Å². The molecule has 0 aromatic heterocycles. The fourth-order valence-electron chi connectivity index (χ4n) is 26.6. The quantitative estimate of drug-likeness (QED) is 0.123. The Morgan fingerprint density at radius 3 is 0.750 bits per heavy atom. The molecule has 5 aliphatic carbocycles. The molecule has 2 spiro atoms. The molecule has 0 unspecified atom stereocenters. The third-order valence-electron chi connectivity index (χ3n) is 27.3. The smallest absolute Gasteiger partial charge is 0.338 e. The Morgan fingerprint density at radius 2 is 0.525 bits per heavy atom. The van der Waals surface area contributed by atoms with Crippen molar-refractivity contribution in [1.82, 2.24) is 0 Å². The highest BCUT2D eigenvalue weighted by Crippen LogP contribution is 2.87. The summed E-state index contributed by atoms with van der Waals surface area (Å²) in [5.74, 6) is -0.762. The molecule has 29 aromatic rings. The summed E-state index contributed by atoms with van der Waals surface area (Å²) in [6, 6.07) is 9.24. The van der Waals surface area contributed by atoms with E-state index < -0.39 is 16.2 Å². The lowest BCUT2D eigenvalue weighted by atomic mass is 9.50. The molecule has 348 valence electrons. The molecule has 0 atom stereocenters. The molecular formula is C76H20O4. The molecule has 1 fully saturated rings. The molecule has 0 bridgehead atoms. The van der Waals surface area contributed by atoms with Crippen LogP contribution in [-0.4, -0.2) is 25.2 Å². The second-order valence-corrected chi connectivity index (χ2v) is 29.4. The van der Waals surface area contributed by atoms with Gasteiger partial charge < -0.3 is 9.47 Å². The van der Waals surface area contributed by atoms with E-state index in [4.69, 9.17) is 9.47 Å². The van der Waals surface area contributed by atoms with Crippen LogP contribution in [0.2, 0.25) is 0 Å². The molecule has 4 heteroatoms. The van der Waals surface area contributed by atoms with Crippen LogP contribution in [0.1, 0.15) is 59.3 Å². The second kappa shape index (κ2) is 7.75. The summed E-state index contributed by atoms with van der Waals surface area (Å²) in [6.45, 7) is 4.48. The Balaban J connectivity index is 0.880. The minimum atomic E-state index is -0.584. The van der Waals surface area contributed by atoms with E-state index >= 15 is 4.79 Å². The van der Waals surface area contributed by atoms with Gasteiger partial charge in [-0.05, 0) is 338 Å². The molecule has 0 radical (unpaired) electrons. The van der Waals surface area contributed by atoms with Gasteiger partial charge in [-0.3, -0.25) is 4.79 Å². The summed E-state index contributed by atoms with van der Waals surface area (Å²) >= 11 is 0. The van der Waals surface area contributed by atoms with E-state index in [9.17, 15) is 4.79 Å². The Kier molecular flexibility index (Phi) is 3.15. The van der Waals surface area contributed by atoms with Crippen LogP contribution >= 0.6 is 0 Å². The average molecular weight is 997 g/mol. The summed E-state index contributed by atoms with van der Waals surface area (Å²) in [7, 11) is 0. The molecule has 34 rings (SSSR count). The first-order chi connectivity index (χ1) is 39.4. The Morgan fingerprint density at radius 1 is 0.325 bits per heavy atom. The number of rotatable bonds is 6. The summed E-state index contributed by atoms with van der Waals surface area (Å²) in [4.78, 5) is 29.3. The highest BCUT2D eigenvalue weighted by atomic mass is 16.5. The first-order valence-electron chi connectivity index (χ1n) is 29.6. The number of carbonyl (C=O) groups excluding carboxylic acids is 2. The fourth-order valence-corrected chi connectivity index (χ4v) is 26.6. The van der Waals surface area contributed by atoms with E-state index in [-0.39, 0.29) is 31.1 Å². The maximum atomic E-state index is 16.0. The van der Waals surface area contributed by atoms with Gasteiger partial charge in [-0.15, -0.1) is 0 Å². The van der Waals surface area contributed by atoms with Crippen LogP contribution in [0.4, 0.5) is 0 Å². The number of carbonyl (C=O) groups is 2. The fraction of sp³-hybridized carbons (Fsp3) is 0.132. The topological polar surface area (TPSA) is 52.6 Å². The van der Waals surface area contributed by atoms with Gasteiger partial charge in [-0.1, -0.05) is 32.0 Å². The summed E-state index contributed by atoms with van der Waals surface area (Å²) in [5, 5.41) is 85.8. The van der Waals surface area contributed by atoms with E-state index in [0.29, 0.717) is 5.56 Å². The van der Waals surface area contributed by atoms with Gasteiger partial charge in [0.25, 0.3) is 0 Å². The molecule has 0 N–H and O–H groups in total. The molecule has 0 amide bonds. The van der Waals surface area contributed by atoms with Crippen molar-refractivity contribution in [3.05, 3.63) is 58.1 Å². The Bertz CT molecular complexity index is 7190. The largest absolute Gasteiger partial charge is 0.465 e. The number of hydrogen-bond acceptors (Lipinski definition) is 4. The lowest BCUT2D eigenvalue weighted by Crippen LogP contribution is -2.47. The number of benzene rings is 19. The van der Waals surface area contributed by atoms with Crippen LogP contribution in [-0.2, 0) is 25.1 Å². The molecule has 1 saturated carbocycles. The van der Waals surface area contributed by atoms with Crippen LogP contribution in [0.5, 0.6) is 0 Å². The normalized spacial score (nSPS) is 22.2. The van der Waals surface area contributed by atoms with Crippen LogP contribution in [0.15, 0.2) is 30.3 Å². The third-order valence-corrected chi connectivity index (χ3v) is 27.3. The molecule has 0 aliphatic heterocycles. The minimum Gasteiger partial charge on any atom is -0.465 e. The highest BCUT2D eigenvalue weighted by molar-refractivity contribution is 6.82. The van der Waals surface area contributed by atoms with E-state index in [0.717, 1.165) is 12.8 Å². The predicted octanol–water partition coefficient (Wildman–Crippen LogP) is 19.1. The van der Waals surface area contributed by atoms with E-state index in [2.05, 4.69) is 13.8 Å². The summed E-state index contributed by atoms with van der Waals surface area (Å²) < 4.78 is 12.8. The van der Waals surface area contributed by atoms with Crippen molar-refractivity contribution in [1.29, 1.82) is 0 Å². The van der Waals surface area contributed by atoms with Crippen LogP contribution in [0.25, 0.3) is 291 Å². The lowest BCUT2D eigenvalue weighted by molar-refractivity contribution is -0.152. The van der Waals surface area contributed by atoms with E-state index in [1.165, 1.54) is 0 Å². The van der Waals surface area contributed by atoms with Crippen molar-refractivity contribution < 1.29 is 19.1 Å². The second-order valence-electron chi connectivity index (χ2n) is 29.4. The van der Waals surface area contributed by atoms with E-state index in [1.54, 1.807) is 325 Å². The minimum absolute atomic E-state index is 0.0799. The Hall–Kier alpha value is -9.38. The maximum absolute atomic E-state index is 16.0. The lowest BCUT2D eigenvalue weighted by Gasteiger charge is -2.50. The van der Waals surface area contributed by atoms with Gasteiger partial charge in [0.2, 0.25) is 0 Å². The van der Waals surface area contributed by atoms with Crippen LogP contribution < -0.4 is 0 Å². The molecule has 29 aromatic carbocycles. The Labute approximate surface area is 439 Å². The van der Waals surface area contributed by atoms with E-state index in [1.807, 2.05) is 18.2 Å². The molecule has 80 heavy (non-hydrogen) atoms. The molecule has 5 aliphatic rings. The van der Waals surface area contributed by atoms with Crippen molar-refractivity contribution in [3.8, 4) is 0 Å². The first-order valence-corrected chi connectivity index (χ1v) is 29.6. The summed E-state index contributed by atoms with van der Waals surface area (Å²) in [5.41, 5.74) is 5.44. The zero-order valence-electron chi connectivity index (χ0n) is 41.9. The van der Waals surface area contributed by atoms with Crippen molar-refractivity contribution in [3.63, 3.8) is 0 Å². The molecular weight excluding hydrogens is 977 g/mol. The molecule has 0 saturated heterocycles. The van der Waals surface area contributed by atoms with Gasteiger partial charge in [0.05, 0.1) is 24.7 Å². The van der Waals surface area contributed by atoms with Gasteiger partial charge in [-0.2, -0.15) is 0 Å². The van der Waals surface area contributed by atoms with Gasteiger partial charge in [0.1, 0.15) is 0 Å². The first kappa shape index (κ1) is 32.5.